The lowest BCUT2D eigenvalue weighted by Gasteiger charge is -2.30. The van der Waals surface area contributed by atoms with Gasteiger partial charge in [0.05, 0.1) is 12.6 Å². The highest BCUT2D eigenvalue weighted by molar-refractivity contribution is 5.92. The lowest BCUT2D eigenvalue weighted by atomic mass is 9.94. The van der Waals surface area contributed by atoms with Crippen molar-refractivity contribution in [1.82, 2.24) is 15.4 Å². The Balaban J connectivity index is 1.63. The topological polar surface area (TPSA) is 84.7 Å². The lowest BCUT2D eigenvalue weighted by molar-refractivity contribution is -0.142. The fourth-order valence-electron chi connectivity index (χ4n) is 3.06. The number of nitrogens with one attached hydrogen (secondary N) is 1. The van der Waals surface area contributed by atoms with Crippen molar-refractivity contribution in [3.63, 3.8) is 0 Å². The van der Waals surface area contributed by atoms with Crippen molar-refractivity contribution in [3.8, 4) is 0 Å². The average Bonchev–Trinajstić information content (AvgIpc) is 3.06. The van der Waals surface area contributed by atoms with Crippen LogP contribution in [0.3, 0.4) is 0 Å². The molecule has 0 spiro atoms. The number of hydrogen-bond donors (Lipinski definition) is 1. The van der Waals surface area contributed by atoms with Gasteiger partial charge in [0.2, 0.25) is 5.91 Å². The number of nitrogens with zero attached hydrogens (tertiary/aromatic N) is 2. The van der Waals surface area contributed by atoms with Gasteiger partial charge in [-0.1, -0.05) is 25.9 Å². The zero-order valence-electron chi connectivity index (χ0n) is 15.9. The third-order valence-electron chi connectivity index (χ3n) is 4.76. The van der Waals surface area contributed by atoms with E-state index in [0.29, 0.717) is 31.3 Å². The summed E-state index contributed by atoms with van der Waals surface area (Å²) in [5.74, 6) is 0.928. The van der Waals surface area contributed by atoms with Gasteiger partial charge in [-0.25, -0.2) is 0 Å². The van der Waals surface area contributed by atoms with E-state index in [1.807, 2.05) is 20.8 Å². The van der Waals surface area contributed by atoms with Crippen LogP contribution in [0.1, 0.15) is 62.7 Å². The molecule has 0 bridgehead atoms. The Morgan fingerprint density at radius 2 is 2.08 bits per heavy atom. The number of hydrogen-bond acceptors (Lipinski definition) is 5. The van der Waals surface area contributed by atoms with E-state index in [1.54, 1.807) is 11.0 Å². The summed E-state index contributed by atoms with van der Waals surface area (Å²) in [6.45, 7) is 7.95. The van der Waals surface area contributed by atoms with Crippen LogP contribution in [-0.2, 0) is 16.1 Å². The molecule has 2 aliphatic rings. The summed E-state index contributed by atoms with van der Waals surface area (Å²) in [5.41, 5.74) is -0.232. The van der Waals surface area contributed by atoms with Crippen molar-refractivity contribution in [2.45, 2.75) is 59.1 Å². The van der Waals surface area contributed by atoms with E-state index in [2.05, 4.69) is 10.5 Å². The van der Waals surface area contributed by atoms with Crippen LogP contribution in [0.4, 0.5) is 0 Å². The smallest absolute Gasteiger partial charge is 0.273 e. The zero-order chi connectivity index (χ0) is 18.7. The molecule has 3 rings (SSSR count). The molecule has 1 unspecified atom stereocenters. The average molecular weight is 363 g/mol. The summed E-state index contributed by atoms with van der Waals surface area (Å²) in [7, 11) is 0. The Bertz CT molecular complexity index is 639. The number of carbonyl (C=O) groups is 2. The maximum atomic E-state index is 12.8. The number of ether oxygens (including phenoxy) is 1. The second-order valence-corrected chi connectivity index (χ2v) is 8.40. The van der Waals surface area contributed by atoms with Gasteiger partial charge in [0.15, 0.2) is 11.5 Å². The lowest BCUT2D eigenvalue weighted by Crippen LogP contribution is -2.42. The van der Waals surface area contributed by atoms with Crippen molar-refractivity contribution in [3.05, 3.63) is 17.5 Å². The maximum absolute atomic E-state index is 12.8. The first-order valence-electron chi connectivity index (χ1n) is 9.47. The van der Waals surface area contributed by atoms with Crippen molar-refractivity contribution < 1.29 is 18.8 Å². The van der Waals surface area contributed by atoms with Crippen LogP contribution in [0.5, 0.6) is 0 Å². The Kier molecular flexibility index (Phi) is 5.65. The summed E-state index contributed by atoms with van der Waals surface area (Å²) in [6.07, 6.45) is 4.40. The predicted molar refractivity (Wildman–Crippen MR) is 95.4 cm³/mol. The zero-order valence-corrected chi connectivity index (χ0v) is 15.9. The van der Waals surface area contributed by atoms with Crippen LogP contribution in [-0.4, -0.2) is 47.7 Å². The first-order chi connectivity index (χ1) is 12.3. The minimum absolute atomic E-state index is 0.0316. The highest BCUT2D eigenvalue weighted by Crippen LogP contribution is 2.27. The van der Waals surface area contributed by atoms with Gasteiger partial charge in [-0.3, -0.25) is 9.59 Å². The molecular weight excluding hydrogens is 334 g/mol. The van der Waals surface area contributed by atoms with Gasteiger partial charge in [0, 0.05) is 31.2 Å². The molecule has 1 aliphatic carbocycles. The minimum Gasteiger partial charge on any atom is -0.376 e. The number of carbonyl (C=O) groups excluding carboxylic acids is 2. The largest absolute Gasteiger partial charge is 0.376 e. The molecule has 0 aromatic carbocycles. The fourth-order valence-corrected chi connectivity index (χ4v) is 3.06. The molecule has 1 atom stereocenters. The molecule has 1 aromatic heterocycles. The van der Waals surface area contributed by atoms with Gasteiger partial charge in [0.25, 0.3) is 5.91 Å². The van der Waals surface area contributed by atoms with E-state index in [4.69, 9.17) is 9.26 Å². The van der Waals surface area contributed by atoms with E-state index in [1.165, 1.54) is 12.8 Å². The van der Waals surface area contributed by atoms with Gasteiger partial charge in [-0.05, 0) is 31.6 Å². The SMILES string of the molecule is CC(C)(C)C(=O)N(Cc1cc(C(=O)NCC2CC2)no1)CC1CCCO1. The molecule has 0 radical (unpaired) electrons. The highest BCUT2D eigenvalue weighted by Gasteiger charge is 2.31. The summed E-state index contributed by atoms with van der Waals surface area (Å²) in [4.78, 5) is 26.7. The molecular formula is C19H29N3O4. The van der Waals surface area contributed by atoms with Crippen LogP contribution in [0.15, 0.2) is 10.6 Å². The molecule has 2 amide bonds. The standard InChI is InChI=1S/C19H29N3O4/c1-19(2,3)18(24)22(11-14-5-4-8-25-14)12-15-9-16(21-26-15)17(23)20-10-13-6-7-13/h9,13-14H,4-8,10-12H2,1-3H3,(H,20,23). The second kappa shape index (κ2) is 7.78. The molecule has 1 saturated heterocycles. The summed E-state index contributed by atoms with van der Waals surface area (Å²) < 4.78 is 11.0. The number of rotatable bonds is 7. The van der Waals surface area contributed by atoms with Crippen LogP contribution in [0.2, 0.25) is 0 Å². The predicted octanol–water partition coefficient (Wildman–Crippen LogP) is 2.37. The molecule has 1 N–H and O–H groups in total. The molecule has 1 saturated carbocycles. The fraction of sp³-hybridized carbons (Fsp3) is 0.737. The summed E-state index contributed by atoms with van der Waals surface area (Å²) >= 11 is 0. The van der Waals surface area contributed by atoms with Crippen LogP contribution >= 0.6 is 0 Å². The van der Waals surface area contributed by atoms with Crippen LogP contribution in [0.25, 0.3) is 0 Å². The Morgan fingerprint density at radius 1 is 1.31 bits per heavy atom. The van der Waals surface area contributed by atoms with Gasteiger partial charge < -0.3 is 19.5 Å². The van der Waals surface area contributed by atoms with Crippen LogP contribution < -0.4 is 5.32 Å². The molecule has 26 heavy (non-hydrogen) atoms. The van der Waals surface area contributed by atoms with Gasteiger partial charge in [0.1, 0.15) is 0 Å². The van der Waals surface area contributed by atoms with Gasteiger partial charge in [-0.15, -0.1) is 0 Å². The van der Waals surface area contributed by atoms with E-state index in [9.17, 15) is 9.59 Å². The number of amides is 2. The highest BCUT2D eigenvalue weighted by atomic mass is 16.5. The molecule has 7 heteroatoms. The summed E-state index contributed by atoms with van der Waals surface area (Å²) in [5, 5.41) is 6.74. The molecule has 2 heterocycles. The molecule has 1 aromatic rings. The molecule has 144 valence electrons. The van der Waals surface area contributed by atoms with Crippen LogP contribution in [0, 0.1) is 11.3 Å². The third kappa shape index (κ3) is 5.06. The first kappa shape index (κ1) is 18.9. The Labute approximate surface area is 154 Å². The van der Waals surface area contributed by atoms with E-state index in [0.717, 1.165) is 19.4 Å². The monoisotopic (exact) mass is 363 g/mol. The quantitative estimate of drug-likeness (QED) is 0.804. The molecule has 1 aliphatic heterocycles. The van der Waals surface area contributed by atoms with Crippen molar-refractivity contribution in [2.75, 3.05) is 19.7 Å². The minimum atomic E-state index is -0.497. The number of aromatic nitrogens is 1. The Hall–Kier alpha value is -1.89. The third-order valence-corrected chi connectivity index (χ3v) is 4.76. The summed E-state index contributed by atoms with van der Waals surface area (Å²) in [6, 6.07) is 1.63. The molecule has 7 nitrogen and oxygen atoms in total. The van der Waals surface area contributed by atoms with Crippen molar-refractivity contribution in [1.29, 1.82) is 0 Å². The van der Waals surface area contributed by atoms with E-state index >= 15 is 0 Å². The molecule has 2 fully saturated rings. The Morgan fingerprint density at radius 3 is 2.69 bits per heavy atom. The normalized spacial score (nSPS) is 20.2. The first-order valence-corrected chi connectivity index (χ1v) is 9.47. The van der Waals surface area contributed by atoms with Crippen molar-refractivity contribution in [2.24, 2.45) is 11.3 Å². The van der Waals surface area contributed by atoms with Gasteiger partial charge in [-0.2, -0.15) is 0 Å². The van der Waals surface area contributed by atoms with E-state index < -0.39 is 5.41 Å². The maximum Gasteiger partial charge on any atom is 0.273 e. The van der Waals surface area contributed by atoms with E-state index in [-0.39, 0.29) is 23.6 Å². The van der Waals surface area contributed by atoms with Gasteiger partial charge >= 0.3 is 0 Å². The van der Waals surface area contributed by atoms with Crippen molar-refractivity contribution >= 4 is 11.8 Å². The second-order valence-electron chi connectivity index (χ2n) is 8.40.